The van der Waals surface area contributed by atoms with Crippen molar-refractivity contribution >= 4 is 31.9 Å². The predicted molar refractivity (Wildman–Crippen MR) is 71.6 cm³/mol. The third-order valence-electron chi connectivity index (χ3n) is 3.21. The second kappa shape index (κ2) is 8.15. The van der Waals surface area contributed by atoms with Gasteiger partial charge in [0.15, 0.2) is 0 Å². The van der Waals surface area contributed by atoms with E-state index >= 15 is 0 Å². The lowest BCUT2D eigenvalue weighted by atomic mass is 9.85. The number of halogens is 2. The Kier molecular flexibility index (Phi) is 7.58. The summed E-state index contributed by atoms with van der Waals surface area (Å²) in [6.07, 6.45) is 12.9. The van der Waals surface area contributed by atoms with Crippen molar-refractivity contribution in [3.8, 4) is 0 Å². The third-order valence-corrected chi connectivity index (χ3v) is 4.61. The van der Waals surface area contributed by atoms with Crippen molar-refractivity contribution < 1.29 is 0 Å². The molecule has 0 bridgehead atoms. The normalized spacial score (nSPS) is 21.0. The van der Waals surface area contributed by atoms with Crippen LogP contribution in [-0.4, -0.2) is 10.2 Å². The predicted octanol–water partition coefficient (Wildman–Crippen LogP) is 5.29. The molecule has 0 amide bonds. The van der Waals surface area contributed by atoms with Gasteiger partial charge in [0.1, 0.15) is 0 Å². The molecule has 0 N–H and O–H groups in total. The van der Waals surface area contributed by atoms with Gasteiger partial charge >= 0.3 is 0 Å². The molecule has 0 heterocycles. The van der Waals surface area contributed by atoms with Crippen LogP contribution in [0.3, 0.4) is 0 Å². The average Bonchev–Trinajstić information content (AvgIpc) is 2.20. The topological polar surface area (TPSA) is 0 Å². The van der Waals surface area contributed by atoms with Crippen LogP contribution in [0.2, 0.25) is 0 Å². The lowest BCUT2D eigenvalue weighted by Crippen LogP contribution is -2.12. The second-order valence-corrected chi connectivity index (χ2v) is 6.61. The molecule has 0 aliphatic heterocycles. The van der Waals surface area contributed by atoms with E-state index in [1.54, 1.807) is 0 Å². The summed E-state index contributed by atoms with van der Waals surface area (Å²) in [5.41, 5.74) is 0. The van der Waals surface area contributed by atoms with Gasteiger partial charge in [-0.2, -0.15) is 0 Å². The molecule has 0 aromatic rings. The van der Waals surface area contributed by atoms with Gasteiger partial charge in [-0.25, -0.2) is 0 Å². The molecule has 2 heteroatoms. The molecule has 84 valence electrons. The fraction of sp³-hybridized carbons (Fsp3) is 1.00. The molecule has 0 saturated heterocycles. The summed E-state index contributed by atoms with van der Waals surface area (Å²) in [7, 11) is 0. The van der Waals surface area contributed by atoms with Crippen molar-refractivity contribution in [3.05, 3.63) is 0 Å². The van der Waals surface area contributed by atoms with Gasteiger partial charge in [-0.1, -0.05) is 70.4 Å². The molecule has 1 atom stereocenters. The van der Waals surface area contributed by atoms with Crippen LogP contribution < -0.4 is 0 Å². The van der Waals surface area contributed by atoms with Crippen molar-refractivity contribution in [2.45, 2.75) is 62.6 Å². The van der Waals surface area contributed by atoms with Gasteiger partial charge in [0.2, 0.25) is 0 Å². The Morgan fingerprint density at radius 1 is 1.07 bits per heavy atom. The van der Waals surface area contributed by atoms with Gasteiger partial charge in [0.25, 0.3) is 0 Å². The molecular formula is C12H22Br2. The van der Waals surface area contributed by atoms with Crippen molar-refractivity contribution in [2.24, 2.45) is 5.92 Å². The molecule has 0 aromatic carbocycles. The van der Waals surface area contributed by atoms with Crippen molar-refractivity contribution in [2.75, 3.05) is 5.33 Å². The van der Waals surface area contributed by atoms with E-state index in [4.69, 9.17) is 0 Å². The van der Waals surface area contributed by atoms with E-state index in [1.807, 2.05) is 0 Å². The zero-order valence-electron chi connectivity index (χ0n) is 8.98. The fourth-order valence-corrected chi connectivity index (χ4v) is 3.61. The highest BCUT2D eigenvalue weighted by molar-refractivity contribution is 9.09. The van der Waals surface area contributed by atoms with E-state index in [9.17, 15) is 0 Å². The zero-order chi connectivity index (χ0) is 10.2. The summed E-state index contributed by atoms with van der Waals surface area (Å²) >= 11 is 7.31. The summed E-state index contributed by atoms with van der Waals surface area (Å²) in [6, 6.07) is 0. The SMILES string of the molecule is BrCCCCC(Br)CC1CCCCC1. The highest BCUT2D eigenvalue weighted by atomic mass is 79.9. The lowest BCUT2D eigenvalue weighted by Gasteiger charge is -2.23. The number of hydrogen-bond acceptors (Lipinski definition) is 0. The van der Waals surface area contributed by atoms with Gasteiger partial charge in [0.05, 0.1) is 0 Å². The maximum absolute atomic E-state index is 3.83. The van der Waals surface area contributed by atoms with E-state index in [1.165, 1.54) is 57.8 Å². The summed E-state index contributed by atoms with van der Waals surface area (Å²) in [4.78, 5) is 0.782. The first-order chi connectivity index (χ1) is 6.83. The summed E-state index contributed by atoms with van der Waals surface area (Å²) in [5, 5.41) is 1.16. The third kappa shape index (κ3) is 5.75. The molecule has 0 spiro atoms. The van der Waals surface area contributed by atoms with Crippen LogP contribution >= 0.6 is 31.9 Å². The van der Waals surface area contributed by atoms with Gasteiger partial charge in [-0.05, 0) is 25.2 Å². The number of hydrogen-bond donors (Lipinski definition) is 0. The minimum atomic E-state index is 0.782. The number of rotatable bonds is 6. The van der Waals surface area contributed by atoms with Crippen LogP contribution in [0.25, 0.3) is 0 Å². The molecule has 1 unspecified atom stereocenters. The van der Waals surface area contributed by atoms with Crippen LogP contribution in [-0.2, 0) is 0 Å². The minimum Gasteiger partial charge on any atom is -0.0928 e. The fourth-order valence-electron chi connectivity index (χ4n) is 2.36. The van der Waals surface area contributed by atoms with Crippen molar-refractivity contribution in [1.82, 2.24) is 0 Å². The monoisotopic (exact) mass is 324 g/mol. The van der Waals surface area contributed by atoms with Crippen LogP contribution in [0.4, 0.5) is 0 Å². The Hall–Kier alpha value is 0.960. The quantitative estimate of drug-likeness (QED) is 0.460. The highest BCUT2D eigenvalue weighted by Crippen LogP contribution is 2.30. The summed E-state index contributed by atoms with van der Waals surface area (Å²) < 4.78 is 0. The van der Waals surface area contributed by atoms with Crippen LogP contribution in [0.5, 0.6) is 0 Å². The molecule has 14 heavy (non-hydrogen) atoms. The van der Waals surface area contributed by atoms with E-state index < -0.39 is 0 Å². The smallest absolute Gasteiger partial charge is 0.0148 e. The maximum Gasteiger partial charge on any atom is 0.0148 e. The van der Waals surface area contributed by atoms with E-state index in [0.717, 1.165) is 16.1 Å². The number of alkyl halides is 2. The first-order valence-electron chi connectivity index (χ1n) is 6.03. The maximum atomic E-state index is 3.83. The molecular weight excluding hydrogens is 304 g/mol. The van der Waals surface area contributed by atoms with Gasteiger partial charge in [-0.15, -0.1) is 0 Å². The first-order valence-corrected chi connectivity index (χ1v) is 8.06. The lowest BCUT2D eigenvalue weighted by molar-refractivity contribution is 0.333. The van der Waals surface area contributed by atoms with Gasteiger partial charge < -0.3 is 0 Å². The Morgan fingerprint density at radius 2 is 1.79 bits per heavy atom. The van der Waals surface area contributed by atoms with Gasteiger partial charge in [-0.3, -0.25) is 0 Å². The van der Waals surface area contributed by atoms with Crippen LogP contribution in [0, 0.1) is 5.92 Å². The zero-order valence-corrected chi connectivity index (χ0v) is 12.2. The Balaban J connectivity index is 2.03. The largest absolute Gasteiger partial charge is 0.0928 e. The molecule has 1 rings (SSSR count). The van der Waals surface area contributed by atoms with Crippen LogP contribution in [0.15, 0.2) is 0 Å². The molecule has 1 saturated carbocycles. The standard InChI is InChI=1S/C12H22Br2/c13-9-5-4-8-12(14)10-11-6-2-1-3-7-11/h11-12H,1-10H2. The van der Waals surface area contributed by atoms with E-state index in [2.05, 4.69) is 31.9 Å². The molecule has 0 nitrogen and oxygen atoms in total. The van der Waals surface area contributed by atoms with Crippen LogP contribution in [0.1, 0.15) is 57.8 Å². The molecule has 1 aliphatic carbocycles. The Bertz CT molecular complexity index is 130. The van der Waals surface area contributed by atoms with Crippen molar-refractivity contribution in [1.29, 1.82) is 0 Å². The first kappa shape index (κ1) is 13.0. The summed E-state index contributed by atoms with van der Waals surface area (Å²) in [6.45, 7) is 0. The van der Waals surface area contributed by atoms with Gasteiger partial charge in [0, 0.05) is 10.2 Å². The Morgan fingerprint density at radius 3 is 2.43 bits per heavy atom. The molecule has 0 radical (unpaired) electrons. The number of unbranched alkanes of at least 4 members (excludes halogenated alkanes) is 1. The molecule has 1 fully saturated rings. The van der Waals surface area contributed by atoms with E-state index in [-0.39, 0.29) is 0 Å². The van der Waals surface area contributed by atoms with Crippen molar-refractivity contribution in [3.63, 3.8) is 0 Å². The second-order valence-electron chi connectivity index (χ2n) is 4.52. The molecule has 1 aliphatic rings. The average molecular weight is 326 g/mol. The molecule has 0 aromatic heterocycles. The van der Waals surface area contributed by atoms with E-state index in [0.29, 0.717) is 0 Å². The Labute approximate surface area is 105 Å². The minimum absolute atomic E-state index is 0.782. The highest BCUT2D eigenvalue weighted by Gasteiger charge is 2.16. The summed E-state index contributed by atoms with van der Waals surface area (Å²) in [5.74, 6) is 1.03.